The van der Waals surface area contributed by atoms with Gasteiger partial charge in [-0.2, -0.15) is 0 Å². The van der Waals surface area contributed by atoms with E-state index in [0.717, 1.165) is 16.0 Å². The zero-order valence-electron chi connectivity index (χ0n) is 13.5. The van der Waals surface area contributed by atoms with Crippen LogP contribution < -0.4 is 11.3 Å². The van der Waals surface area contributed by atoms with E-state index in [-0.39, 0.29) is 11.4 Å². The van der Waals surface area contributed by atoms with Crippen LogP contribution in [0.2, 0.25) is 0 Å². The second-order valence-corrected chi connectivity index (χ2v) is 6.84. The van der Waals surface area contributed by atoms with Crippen LogP contribution >= 0.6 is 11.3 Å². The summed E-state index contributed by atoms with van der Waals surface area (Å²) in [5, 5.41) is 0.433. The first-order valence-electron chi connectivity index (χ1n) is 7.38. The van der Waals surface area contributed by atoms with Crippen LogP contribution in [0.1, 0.15) is 23.7 Å². The smallest absolute Gasteiger partial charge is 0.263 e. The van der Waals surface area contributed by atoms with Crippen LogP contribution in [0.3, 0.4) is 0 Å². The molecule has 1 amide bonds. The van der Waals surface area contributed by atoms with Gasteiger partial charge in [0.1, 0.15) is 22.5 Å². The molecule has 124 valence electrons. The number of carbonyl (C=O) groups excluding carboxylic acids is 1. The molecule has 0 saturated carbocycles. The molecule has 0 bridgehead atoms. The van der Waals surface area contributed by atoms with E-state index in [9.17, 15) is 14.0 Å². The molecule has 7 heteroatoms. The van der Waals surface area contributed by atoms with E-state index in [2.05, 4.69) is 4.98 Å². The lowest BCUT2D eigenvalue weighted by molar-refractivity contribution is -0.120. The molecular weight excluding hydrogens is 329 g/mol. The topological polar surface area (TPSA) is 78.0 Å². The third-order valence-corrected chi connectivity index (χ3v) is 5.04. The van der Waals surface area contributed by atoms with Crippen LogP contribution in [0.5, 0.6) is 0 Å². The largest absolute Gasteiger partial charge is 0.368 e. The Labute approximate surface area is 141 Å². The average Bonchev–Trinajstić information content (AvgIpc) is 2.84. The highest BCUT2D eigenvalue weighted by Crippen LogP contribution is 2.36. The fraction of sp³-hybridized carbons (Fsp3) is 0.235. The number of carbonyl (C=O) groups is 1. The third-order valence-electron chi connectivity index (χ3n) is 4.04. The highest BCUT2D eigenvalue weighted by molar-refractivity contribution is 7.19. The number of halogens is 1. The van der Waals surface area contributed by atoms with Crippen molar-refractivity contribution in [3.63, 3.8) is 0 Å². The summed E-state index contributed by atoms with van der Waals surface area (Å²) in [5.74, 6) is -0.507. The lowest BCUT2D eigenvalue weighted by Crippen LogP contribution is -2.34. The molecule has 1 atom stereocenters. The zero-order valence-corrected chi connectivity index (χ0v) is 14.3. The number of nitrogens with zero attached hydrogens (tertiary/aromatic N) is 2. The number of rotatable bonds is 3. The van der Waals surface area contributed by atoms with Crippen molar-refractivity contribution in [2.45, 2.75) is 26.8 Å². The van der Waals surface area contributed by atoms with Crippen LogP contribution in [0.4, 0.5) is 4.39 Å². The Hall–Kier alpha value is -2.54. The van der Waals surface area contributed by atoms with Gasteiger partial charge in [-0.15, -0.1) is 11.3 Å². The van der Waals surface area contributed by atoms with Crippen molar-refractivity contribution in [1.29, 1.82) is 0 Å². The molecule has 0 aliphatic rings. The lowest BCUT2D eigenvalue weighted by Gasteiger charge is -2.14. The Balaban J connectivity index is 2.38. The number of thiophene rings is 1. The summed E-state index contributed by atoms with van der Waals surface area (Å²) in [4.78, 5) is 30.5. The minimum Gasteiger partial charge on any atom is -0.368 e. The molecule has 2 N–H and O–H groups in total. The van der Waals surface area contributed by atoms with Gasteiger partial charge < -0.3 is 5.73 Å². The SMILES string of the molecule is Cc1sc2nc(C)n(C(C)C(N)=O)c(=O)c2c1-c1ccc(F)cc1. The quantitative estimate of drug-likeness (QED) is 0.793. The molecule has 0 aliphatic heterocycles. The standard InChI is InChI=1S/C17H16FN3O2S/c1-8(15(19)22)21-10(3)20-16-14(17(21)23)13(9(2)24-16)11-4-6-12(18)7-5-11/h4-8H,1-3H3,(H2,19,22). The van der Waals surface area contributed by atoms with Gasteiger partial charge in [0.2, 0.25) is 5.91 Å². The summed E-state index contributed by atoms with van der Waals surface area (Å²) in [6.07, 6.45) is 0. The Morgan fingerprint density at radius 2 is 1.92 bits per heavy atom. The number of primary amides is 1. The van der Waals surface area contributed by atoms with Crippen LogP contribution in [0.15, 0.2) is 29.1 Å². The number of fused-ring (bicyclic) bond motifs is 1. The second kappa shape index (κ2) is 5.83. The van der Waals surface area contributed by atoms with Gasteiger partial charge in [0, 0.05) is 10.4 Å². The predicted octanol–water partition coefficient (Wildman–Crippen LogP) is 2.93. The highest BCUT2D eigenvalue weighted by atomic mass is 32.1. The van der Waals surface area contributed by atoms with Gasteiger partial charge in [-0.1, -0.05) is 12.1 Å². The number of aryl methyl sites for hydroxylation is 2. The van der Waals surface area contributed by atoms with E-state index >= 15 is 0 Å². The van der Waals surface area contributed by atoms with E-state index in [0.29, 0.717) is 16.0 Å². The monoisotopic (exact) mass is 345 g/mol. The molecule has 0 radical (unpaired) electrons. The van der Waals surface area contributed by atoms with Gasteiger partial charge in [0.25, 0.3) is 5.56 Å². The van der Waals surface area contributed by atoms with Gasteiger partial charge in [0.05, 0.1) is 5.39 Å². The maximum Gasteiger partial charge on any atom is 0.263 e. The first-order valence-corrected chi connectivity index (χ1v) is 8.20. The zero-order chi connectivity index (χ0) is 17.6. The summed E-state index contributed by atoms with van der Waals surface area (Å²) in [6, 6.07) is 5.17. The van der Waals surface area contributed by atoms with Gasteiger partial charge in [-0.05, 0) is 38.5 Å². The molecule has 0 spiro atoms. The van der Waals surface area contributed by atoms with Gasteiger partial charge in [-0.3, -0.25) is 14.2 Å². The van der Waals surface area contributed by atoms with E-state index in [4.69, 9.17) is 5.73 Å². The number of hydrogen-bond acceptors (Lipinski definition) is 4. The molecule has 3 rings (SSSR count). The van der Waals surface area contributed by atoms with E-state index in [1.54, 1.807) is 26.0 Å². The minimum absolute atomic E-state index is 0.313. The van der Waals surface area contributed by atoms with Crippen molar-refractivity contribution in [2.24, 2.45) is 5.73 Å². The molecule has 2 heterocycles. The highest BCUT2D eigenvalue weighted by Gasteiger charge is 2.22. The minimum atomic E-state index is -0.796. The van der Waals surface area contributed by atoms with Crippen LogP contribution in [0.25, 0.3) is 21.3 Å². The van der Waals surface area contributed by atoms with E-state index in [1.807, 2.05) is 6.92 Å². The van der Waals surface area contributed by atoms with Crippen LogP contribution in [-0.4, -0.2) is 15.5 Å². The molecule has 1 aromatic carbocycles. The number of benzene rings is 1. The van der Waals surface area contributed by atoms with Crippen LogP contribution in [0, 0.1) is 19.7 Å². The normalized spacial score (nSPS) is 12.5. The van der Waals surface area contributed by atoms with Crippen molar-refractivity contribution in [1.82, 2.24) is 9.55 Å². The summed E-state index contributed by atoms with van der Waals surface area (Å²) in [7, 11) is 0. The summed E-state index contributed by atoms with van der Waals surface area (Å²) < 4.78 is 14.5. The number of nitrogens with two attached hydrogens (primary N) is 1. The summed E-state index contributed by atoms with van der Waals surface area (Å²) >= 11 is 1.40. The molecule has 3 aromatic rings. The van der Waals surface area contributed by atoms with Crippen molar-refractivity contribution >= 4 is 27.5 Å². The van der Waals surface area contributed by atoms with Crippen LogP contribution in [-0.2, 0) is 4.79 Å². The molecule has 5 nitrogen and oxygen atoms in total. The lowest BCUT2D eigenvalue weighted by atomic mass is 10.0. The fourth-order valence-electron chi connectivity index (χ4n) is 2.82. The maximum atomic E-state index is 13.2. The molecule has 24 heavy (non-hydrogen) atoms. The predicted molar refractivity (Wildman–Crippen MR) is 92.7 cm³/mol. The number of amides is 1. The Morgan fingerprint density at radius 3 is 2.50 bits per heavy atom. The molecular formula is C17H16FN3O2S. The molecule has 1 unspecified atom stereocenters. The fourth-order valence-corrected chi connectivity index (χ4v) is 3.90. The number of hydrogen-bond donors (Lipinski definition) is 1. The van der Waals surface area contributed by atoms with Gasteiger partial charge in [-0.25, -0.2) is 9.37 Å². The second-order valence-electron chi connectivity index (χ2n) is 5.63. The molecule has 2 aromatic heterocycles. The van der Waals surface area contributed by atoms with Gasteiger partial charge in [0.15, 0.2) is 0 Å². The van der Waals surface area contributed by atoms with Crippen molar-refractivity contribution in [3.05, 3.63) is 51.1 Å². The third kappa shape index (κ3) is 2.50. The van der Waals surface area contributed by atoms with E-state index < -0.39 is 11.9 Å². The molecule has 0 saturated heterocycles. The average molecular weight is 345 g/mol. The maximum absolute atomic E-state index is 13.2. The summed E-state index contributed by atoms with van der Waals surface area (Å²) in [6.45, 7) is 5.13. The van der Waals surface area contributed by atoms with Gasteiger partial charge >= 0.3 is 0 Å². The Kier molecular flexibility index (Phi) is 3.96. The van der Waals surface area contributed by atoms with Crippen molar-refractivity contribution < 1.29 is 9.18 Å². The van der Waals surface area contributed by atoms with Crippen molar-refractivity contribution in [2.75, 3.05) is 0 Å². The van der Waals surface area contributed by atoms with Crippen molar-refractivity contribution in [3.8, 4) is 11.1 Å². The number of aromatic nitrogens is 2. The summed E-state index contributed by atoms with van der Waals surface area (Å²) in [5.41, 5.74) is 6.50. The Morgan fingerprint density at radius 1 is 1.29 bits per heavy atom. The molecule has 0 aliphatic carbocycles. The Bertz CT molecular complexity index is 1010. The first kappa shape index (κ1) is 16.3. The first-order chi connectivity index (χ1) is 11.3. The molecule has 0 fully saturated rings. The van der Waals surface area contributed by atoms with E-state index in [1.165, 1.54) is 28.0 Å².